The molecule has 2 rings (SSSR count). The summed E-state index contributed by atoms with van der Waals surface area (Å²) < 4.78 is 0. The fourth-order valence-electron chi connectivity index (χ4n) is 2.83. The Labute approximate surface area is 178 Å². The summed E-state index contributed by atoms with van der Waals surface area (Å²) in [4.78, 5) is 36.2. The Bertz CT molecular complexity index is 866. The van der Waals surface area contributed by atoms with Crippen molar-refractivity contribution in [3.63, 3.8) is 0 Å². The maximum atomic E-state index is 12.4. The normalized spacial score (nSPS) is 10.9. The fourth-order valence-corrected chi connectivity index (χ4v) is 2.83. The minimum Gasteiger partial charge on any atom is -0.322 e. The molecule has 0 saturated carbocycles. The molecule has 0 aliphatic carbocycles. The van der Waals surface area contributed by atoms with Gasteiger partial charge in [-0.3, -0.25) is 25.2 Å². The molecule has 3 N–H and O–H groups in total. The molecule has 2 aromatic rings. The summed E-state index contributed by atoms with van der Waals surface area (Å²) >= 11 is 0. The average molecular weight is 410 g/mol. The van der Waals surface area contributed by atoms with Crippen molar-refractivity contribution >= 4 is 23.4 Å². The van der Waals surface area contributed by atoms with Gasteiger partial charge in [-0.1, -0.05) is 52.7 Å². The van der Waals surface area contributed by atoms with E-state index in [9.17, 15) is 14.4 Å². The number of hydrazine groups is 1. The fraction of sp³-hybridized carbons (Fsp3) is 0.375. The van der Waals surface area contributed by atoms with E-state index >= 15 is 0 Å². The Kier molecular flexibility index (Phi) is 8.16. The first-order chi connectivity index (χ1) is 14.2. The lowest BCUT2D eigenvalue weighted by Gasteiger charge is -2.19. The van der Waals surface area contributed by atoms with Gasteiger partial charge in [0, 0.05) is 23.2 Å². The molecule has 0 saturated heterocycles. The van der Waals surface area contributed by atoms with E-state index < -0.39 is 5.91 Å². The van der Waals surface area contributed by atoms with Crippen LogP contribution in [0.2, 0.25) is 0 Å². The van der Waals surface area contributed by atoms with Crippen molar-refractivity contribution < 1.29 is 14.4 Å². The summed E-state index contributed by atoms with van der Waals surface area (Å²) in [5.41, 5.74) is 7.54. The van der Waals surface area contributed by atoms with Crippen LogP contribution in [0.15, 0.2) is 48.5 Å². The Hall–Kier alpha value is -3.15. The number of amides is 3. The van der Waals surface area contributed by atoms with Crippen LogP contribution in [0.4, 0.5) is 5.69 Å². The Morgan fingerprint density at radius 1 is 0.767 bits per heavy atom. The van der Waals surface area contributed by atoms with Crippen molar-refractivity contribution in [3.8, 4) is 0 Å². The highest BCUT2D eigenvalue weighted by molar-refractivity contribution is 6.04. The summed E-state index contributed by atoms with van der Waals surface area (Å²) in [6.45, 7) is 8.43. The summed E-state index contributed by atoms with van der Waals surface area (Å²) in [6.07, 6.45) is 3.20. The van der Waals surface area contributed by atoms with E-state index in [4.69, 9.17) is 0 Å². The van der Waals surface area contributed by atoms with Gasteiger partial charge in [-0.05, 0) is 53.8 Å². The van der Waals surface area contributed by atoms with Crippen molar-refractivity contribution in [2.75, 3.05) is 5.32 Å². The Morgan fingerprint density at radius 3 is 1.90 bits per heavy atom. The van der Waals surface area contributed by atoms with Crippen molar-refractivity contribution in [1.82, 2.24) is 10.9 Å². The monoisotopic (exact) mass is 409 g/mol. The number of benzene rings is 2. The lowest BCUT2D eigenvalue weighted by Crippen LogP contribution is -2.41. The number of carbonyl (C=O) groups excluding carboxylic acids is 3. The molecule has 160 valence electrons. The number of unbranched alkanes of at least 4 members (excludes halogenated alkanes) is 2. The molecule has 30 heavy (non-hydrogen) atoms. The second-order valence-electron chi connectivity index (χ2n) is 8.32. The first-order valence-electron chi connectivity index (χ1n) is 10.3. The van der Waals surface area contributed by atoms with Crippen LogP contribution in [0.3, 0.4) is 0 Å². The molecule has 2 aromatic carbocycles. The Balaban J connectivity index is 1.88. The van der Waals surface area contributed by atoms with Gasteiger partial charge in [0.1, 0.15) is 0 Å². The second kappa shape index (κ2) is 10.6. The smallest absolute Gasteiger partial charge is 0.269 e. The molecule has 3 amide bonds. The third-order valence-corrected chi connectivity index (χ3v) is 4.74. The van der Waals surface area contributed by atoms with E-state index in [1.54, 1.807) is 36.4 Å². The largest absolute Gasteiger partial charge is 0.322 e. The maximum absolute atomic E-state index is 12.4. The maximum Gasteiger partial charge on any atom is 0.269 e. The van der Waals surface area contributed by atoms with Gasteiger partial charge in [0.15, 0.2) is 0 Å². The molecular formula is C24H31N3O3. The predicted molar refractivity (Wildman–Crippen MR) is 119 cm³/mol. The van der Waals surface area contributed by atoms with E-state index in [1.165, 1.54) is 0 Å². The average Bonchev–Trinajstić information content (AvgIpc) is 2.72. The minimum atomic E-state index is -0.408. The second-order valence-corrected chi connectivity index (χ2v) is 8.32. The molecule has 0 spiro atoms. The van der Waals surface area contributed by atoms with Crippen LogP contribution in [-0.2, 0) is 10.2 Å². The van der Waals surface area contributed by atoms with Crippen molar-refractivity contribution in [2.45, 2.75) is 58.8 Å². The van der Waals surface area contributed by atoms with Gasteiger partial charge in [0.2, 0.25) is 5.91 Å². The number of nitrogens with one attached hydrogen (secondary N) is 3. The molecular weight excluding hydrogens is 378 g/mol. The van der Waals surface area contributed by atoms with E-state index in [1.807, 2.05) is 12.1 Å². The number of hydrogen-bond acceptors (Lipinski definition) is 3. The summed E-state index contributed by atoms with van der Waals surface area (Å²) in [5.74, 6) is -0.834. The van der Waals surface area contributed by atoms with E-state index in [0.29, 0.717) is 23.2 Å². The summed E-state index contributed by atoms with van der Waals surface area (Å²) in [5, 5.41) is 2.82. The molecule has 6 nitrogen and oxygen atoms in total. The van der Waals surface area contributed by atoms with Gasteiger partial charge in [-0.25, -0.2) is 0 Å². The third-order valence-electron chi connectivity index (χ3n) is 4.74. The highest BCUT2D eigenvalue weighted by Gasteiger charge is 2.14. The van der Waals surface area contributed by atoms with Gasteiger partial charge in [0.25, 0.3) is 11.8 Å². The minimum absolute atomic E-state index is 0.0282. The third kappa shape index (κ3) is 7.03. The zero-order valence-corrected chi connectivity index (χ0v) is 18.2. The van der Waals surface area contributed by atoms with Crippen LogP contribution in [0.25, 0.3) is 0 Å². The SMILES string of the molecule is CCCCCC(=O)NNC(=O)c1ccc(NC(=O)c2ccc(C(C)(C)C)cc2)cc1. The Morgan fingerprint density at radius 2 is 1.33 bits per heavy atom. The van der Waals surface area contributed by atoms with Gasteiger partial charge < -0.3 is 5.32 Å². The van der Waals surface area contributed by atoms with Crippen LogP contribution in [0, 0.1) is 0 Å². The molecule has 0 aromatic heterocycles. The number of hydrogen-bond donors (Lipinski definition) is 3. The van der Waals surface area contributed by atoms with Gasteiger partial charge in [-0.15, -0.1) is 0 Å². The molecule has 0 heterocycles. The quantitative estimate of drug-likeness (QED) is 0.462. The van der Waals surface area contributed by atoms with E-state index in [0.717, 1.165) is 24.8 Å². The molecule has 0 unspecified atom stereocenters. The van der Waals surface area contributed by atoms with Gasteiger partial charge in [-0.2, -0.15) is 0 Å². The van der Waals surface area contributed by atoms with Crippen LogP contribution in [0.5, 0.6) is 0 Å². The topological polar surface area (TPSA) is 87.3 Å². The number of carbonyl (C=O) groups is 3. The lowest BCUT2D eigenvalue weighted by atomic mass is 9.87. The summed E-state index contributed by atoms with van der Waals surface area (Å²) in [7, 11) is 0. The van der Waals surface area contributed by atoms with Gasteiger partial charge >= 0.3 is 0 Å². The molecule has 0 radical (unpaired) electrons. The standard InChI is InChI=1S/C24H31N3O3/c1-5-6-7-8-21(28)26-27-23(30)18-11-15-20(16-12-18)25-22(29)17-9-13-19(14-10-17)24(2,3)4/h9-16H,5-8H2,1-4H3,(H,25,29)(H,26,28)(H,27,30). The van der Waals surface area contributed by atoms with E-state index in [2.05, 4.69) is 43.9 Å². The zero-order valence-electron chi connectivity index (χ0n) is 18.2. The highest BCUT2D eigenvalue weighted by Crippen LogP contribution is 2.22. The number of anilines is 1. The van der Waals surface area contributed by atoms with Crippen LogP contribution >= 0.6 is 0 Å². The first kappa shape index (κ1) is 23.1. The predicted octanol–water partition coefficient (Wildman–Crippen LogP) is 4.58. The molecule has 0 aliphatic heterocycles. The molecule has 0 atom stereocenters. The van der Waals surface area contributed by atoms with Crippen molar-refractivity contribution in [1.29, 1.82) is 0 Å². The molecule has 0 aliphatic rings. The first-order valence-corrected chi connectivity index (χ1v) is 10.3. The van der Waals surface area contributed by atoms with Crippen molar-refractivity contribution in [3.05, 3.63) is 65.2 Å². The highest BCUT2D eigenvalue weighted by atomic mass is 16.2. The van der Waals surface area contributed by atoms with Crippen LogP contribution < -0.4 is 16.2 Å². The van der Waals surface area contributed by atoms with Gasteiger partial charge in [0.05, 0.1) is 0 Å². The zero-order chi connectivity index (χ0) is 22.1. The van der Waals surface area contributed by atoms with Crippen LogP contribution in [-0.4, -0.2) is 17.7 Å². The lowest BCUT2D eigenvalue weighted by molar-refractivity contribution is -0.121. The molecule has 0 bridgehead atoms. The van der Waals surface area contributed by atoms with E-state index in [-0.39, 0.29) is 17.2 Å². The molecule has 6 heteroatoms. The van der Waals surface area contributed by atoms with Crippen LogP contribution in [0.1, 0.15) is 79.7 Å². The number of rotatable bonds is 7. The summed E-state index contributed by atoms with van der Waals surface area (Å²) in [6, 6.07) is 14.0. The van der Waals surface area contributed by atoms with Crippen molar-refractivity contribution in [2.24, 2.45) is 0 Å². The molecule has 0 fully saturated rings.